The molecule has 0 aliphatic rings. The number of benzene rings is 1. The first-order valence-corrected chi connectivity index (χ1v) is 4.89. The van der Waals surface area contributed by atoms with Crippen molar-refractivity contribution in [3.63, 3.8) is 0 Å². The molecule has 0 bridgehead atoms. The summed E-state index contributed by atoms with van der Waals surface area (Å²) in [6.07, 6.45) is -1.18. The van der Waals surface area contributed by atoms with E-state index < -0.39 is 24.1 Å². The summed E-state index contributed by atoms with van der Waals surface area (Å²) in [5.41, 5.74) is 0.672. The lowest BCUT2D eigenvalue weighted by atomic mass is 10.2. The van der Waals surface area contributed by atoms with Crippen LogP contribution in [-0.4, -0.2) is 24.1 Å². The minimum absolute atomic E-state index is 0.112. The minimum Gasteiger partial charge on any atom is -0.547 e. The quantitative estimate of drug-likeness (QED) is 0.592. The predicted octanol–water partition coefficient (Wildman–Crippen LogP) is -2.22. The third-order valence-corrected chi connectivity index (χ3v) is 1.95. The van der Waals surface area contributed by atoms with Gasteiger partial charge >= 0.3 is 6.09 Å². The Balaban J connectivity index is 2.46. The molecule has 0 saturated heterocycles. The van der Waals surface area contributed by atoms with Crippen molar-refractivity contribution in [3.8, 4) is 0 Å². The molecule has 1 aromatic rings. The number of hydrogen-bond donors (Lipinski definition) is 1. The second kappa shape index (κ2) is 6.24. The fourth-order valence-electron chi connectivity index (χ4n) is 1.10. The van der Waals surface area contributed by atoms with Gasteiger partial charge in [0.2, 0.25) is 0 Å². The number of aliphatic carboxylic acids is 2. The molecule has 0 heterocycles. The van der Waals surface area contributed by atoms with Crippen molar-refractivity contribution >= 4 is 18.0 Å². The Kier molecular flexibility index (Phi) is 4.67. The van der Waals surface area contributed by atoms with Crippen molar-refractivity contribution in [2.24, 2.45) is 0 Å². The maximum atomic E-state index is 11.1. The lowest BCUT2D eigenvalue weighted by Gasteiger charge is -2.19. The Hall–Kier alpha value is -2.57. The van der Waals surface area contributed by atoms with Crippen molar-refractivity contribution in [1.29, 1.82) is 0 Å². The number of nitrogens with one attached hydrogen (secondary N) is 1. The van der Waals surface area contributed by atoms with Gasteiger partial charge in [-0.1, -0.05) is 30.3 Å². The van der Waals surface area contributed by atoms with Crippen LogP contribution in [0.3, 0.4) is 0 Å². The summed E-state index contributed by atoms with van der Waals surface area (Å²) in [5, 5.41) is 22.3. The Bertz CT molecular complexity index is 430. The lowest BCUT2D eigenvalue weighted by Crippen LogP contribution is -2.57. The summed E-state index contributed by atoms with van der Waals surface area (Å²) in [5.74, 6) is -3.96. The molecule has 7 nitrogen and oxygen atoms in total. The van der Waals surface area contributed by atoms with Gasteiger partial charge in [0.15, 0.2) is 0 Å². The van der Waals surface area contributed by atoms with E-state index >= 15 is 0 Å². The summed E-state index contributed by atoms with van der Waals surface area (Å²) in [6.45, 7) is -0.112. The summed E-state index contributed by atoms with van der Waals surface area (Å²) < 4.78 is 4.63. The van der Waals surface area contributed by atoms with E-state index in [-0.39, 0.29) is 6.61 Å². The molecule has 0 radical (unpaired) electrons. The van der Waals surface area contributed by atoms with E-state index in [2.05, 4.69) is 4.74 Å². The van der Waals surface area contributed by atoms with Crippen LogP contribution in [0, 0.1) is 0 Å². The number of carboxylic acid groups (broad SMARTS) is 2. The van der Waals surface area contributed by atoms with Crippen LogP contribution in [0.1, 0.15) is 5.56 Å². The van der Waals surface area contributed by atoms with Gasteiger partial charge in [0.25, 0.3) is 0 Å². The number of carbonyl (C=O) groups excluding carboxylic acids is 3. The summed E-state index contributed by atoms with van der Waals surface area (Å²) in [7, 11) is 0. The molecule has 96 valence electrons. The van der Waals surface area contributed by atoms with Gasteiger partial charge in [0.1, 0.15) is 12.6 Å². The molecule has 0 aromatic heterocycles. The first-order chi connectivity index (χ1) is 8.50. The molecule has 1 aromatic carbocycles. The molecule has 0 unspecified atom stereocenters. The number of carboxylic acids is 2. The second-order valence-electron chi connectivity index (χ2n) is 3.28. The van der Waals surface area contributed by atoms with Gasteiger partial charge < -0.3 is 29.9 Å². The van der Waals surface area contributed by atoms with E-state index in [9.17, 15) is 24.6 Å². The van der Waals surface area contributed by atoms with Crippen molar-refractivity contribution in [2.75, 3.05) is 0 Å². The third kappa shape index (κ3) is 4.12. The summed E-state index contributed by atoms with van der Waals surface area (Å²) >= 11 is 0. The van der Waals surface area contributed by atoms with Gasteiger partial charge in [-0.3, -0.25) is 0 Å². The van der Waals surface area contributed by atoms with Crippen LogP contribution in [-0.2, 0) is 20.9 Å². The highest BCUT2D eigenvalue weighted by Crippen LogP contribution is 2.00. The van der Waals surface area contributed by atoms with Crippen LogP contribution in [0.15, 0.2) is 30.3 Å². The zero-order valence-corrected chi connectivity index (χ0v) is 9.12. The molecule has 1 amide bonds. The van der Waals surface area contributed by atoms with E-state index in [4.69, 9.17) is 0 Å². The van der Waals surface area contributed by atoms with Gasteiger partial charge in [-0.15, -0.1) is 0 Å². The van der Waals surface area contributed by atoms with Crippen molar-refractivity contribution in [1.82, 2.24) is 5.32 Å². The zero-order chi connectivity index (χ0) is 13.5. The van der Waals surface area contributed by atoms with Crippen LogP contribution in [0.4, 0.5) is 4.79 Å². The average Bonchev–Trinajstić information content (AvgIpc) is 2.34. The normalized spacial score (nSPS) is 9.83. The highest BCUT2D eigenvalue weighted by molar-refractivity contribution is 5.98. The Morgan fingerprint density at radius 3 is 2.17 bits per heavy atom. The fraction of sp³-hybridized carbons (Fsp3) is 0.182. The topological polar surface area (TPSA) is 119 Å². The second-order valence-corrected chi connectivity index (χ2v) is 3.28. The highest BCUT2D eigenvalue weighted by Gasteiger charge is 2.15. The Labute approximate surface area is 102 Å². The molecule has 0 fully saturated rings. The monoisotopic (exact) mass is 251 g/mol. The smallest absolute Gasteiger partial charge is 0.408 e. The fourth-order valence-corrected chi connectivity index (χ4v) is 1.10. The van der Waals surface area contributed by atoms with Crippen molar-refractivity contribution in [2.45, 2.75) is 12.6 Å². The van der Waals surface area contributed by atoms with E-state index in [0.29, 0.717) is 5.56 Å². The number of alkyl carbamates (subject to hydrolysis) is 1. The average molecular weight is 251 g/mol. The minimum atomic E-state index is -2.24. The van der Waals surface area contributed by atoms with Gasteiger partial charge in [-0.25, -0.2) is 4.79 Å². The molecule has 1 N–H and O–H groups in total. The van der Waals surface area contributed by atoms with Gasteiger partial charge in [0.05, 0.1) is 11.9 Å². The van der Waals surface area contributed by atoms with Crippen molar-refractivity contribution in [3.05, 3.63) is 35.9 Å². The molecular weight excluding hydrogens is 242 g/mol. The first kappa shape index (κ1) is 13.5. The number of carbonyl (C=O) groups is 3. The van der Waals surface area contributed by atoms with E-state index in [1.54, 1.807) is 35.6 Å². The van der Waals surface area contributed by atoms with Gasteiger partial charge in [-0.2, -0.15) is 0 Å². The number of amides is 1. The maximum Gasteiger partial charge on any atom is 0.408 e. The lowest BCUT2D eigenvalue weighted by molar-refractivity contribution is -0.326. The molecule has 1 rings (SSSR count). The number of hydrogen-bond acceptors (Lipinski definition) is 6. The Morgan fingerprint density at radius 2 is 1.67 bits per heavy atom. The van der Waals surface area contributed by atoms with E-state index in [1.807, 2.05) is 0 Å². The molecule has 0 aliphatic heterocycles. The SMILES string of the molecule is O=C(NC(C(=O)[O-])C(=O)[O-])OCc1ccccc1. The Morgan fingerprint density at radius 1 is 1.11 bits per heavy atom. The zero-order valence-electron chi connectivity index (χ0n) is 9.12. The van der Waals surface area contributed by atoms with Crippen LogP contribution < -0.4 is 15.5 Å². The molecular formula is C11H9NO6-2. The number of rotatable bonds is 5. The molecule has 0 aliphatic carbocycles. The number of ether oxygens (including phenoxy) is 1. The van der Waals surface area contributed by atoms with E-state index in [0.717, 1.165) is 0 Å². The van der Waals surface area contributed by atoms with E-state index in [1.165, 1.54) is 0 Å². The van der Waals surface area contributed by atoms with Crippen molar-refractivity contribution < 1.29 is 29.3 Å². The van der Waals surface area contributed by atoms with Crippen LogP contribution in [0.5, 0.6) is 0 Å². The molecule has 0 atom stereocenters. The predicted molar refractivity (Wildman–Crippen MR) is 53.6 cm³/mol. The summed E-state index contributed by atoms with van der Waals surface area (Å²) in [4.78, 5) is 31.8. The van der Waals surface area contributed by atoms with Gasteiger partial charge in [-0.05, 0) is 5.56 Å². The van der Waals surface area contributed by atoms with Gasteiger partial charge in [0, 0.05) is 0 Å². The standard InChI is InChI=1S/C11H11NO6/c13-9(14)8(10(15)16)12-11(17)18-6-7-4-2-1-3-5-7/h1-5,8H,6H2,(H,12,17)(H,13,14)(H,15,16)/p-2. The van der Waals surface area contributed by atoms with Crippen LogP contribution >= 0.6 is 0 Å². The molecule has 18 heavy (non-hydrogen) atoms. The highest BCUT2D eigenvalue weighted by atomic mass is 16.5. The first-order valence-electron chi connectivity index (χ1n) is 4.89. The summed E-state index contributed by atoms with van der Waals surface area (Å²) in [6, 6.07) is 6.34. The maximum absolute atomic E-state index is 11.1. The largest absolute Gasteiger partial charge is 0.547 e. The van der Waals surface area contributed by atoms with Crippen LogP contribution in [0.25, 0.3) is 0 Å². The molecule has 7 heteroatoms. The molecule has 0 saturated carbocycles. The third-order valence-electron chi connectivity index (χ3n) is 1.95. The molecule has 0 spiro atoms. The van der Waals surface area contributed by atoms with Crippen LogP contribution in [0.2, 0.25) is 0 Å².